The SMILES string of the molecule is COc1cc(C)c(S(=O)(=O)N2CCCC2COCC(=O)N2CCN(Cc3ccccc3)CC2)c(C)c1. The highest BCUT2D eigenvalue weighted by atomic mass is 32.2. The Bertz CT molecular complexity index is 1120. The smallest absolute Gasteiger partial charge is 0.248 e. The molecule has 2 fully saturated rings. The predicted octanol–water partition coefficient (Wildman–Crippen LogP) is 2.83. The van der Waals surface area contributed by atoms with Crippen LogP contribution in [0.25, 0.3) is 0 Å². The average molecular weight is 516 g/mol. The second kappa shape index (κ2) is 11.7. The van der Waals surface area contributed by atoms with Gasteiger partial charge >= 0.3 is 0 Å². The van der Waals surface area contributed by atoms with Crippen molar-refractivity contribution in [3.8, 4) is 5.75 Å². The molecule has 1 atom stereocenters. The fourth-order valence-corrected chi connectivity index (χ4v) is 7.31. The largest absolute Gasteiger partial charge is 0.497 e. The molecule has 9 heteroatoms. The van der Waals surface area contributed by atoms with Gasteiger partial charge in [-0.05, 0) is 55.5 Å². The zero-order chi connectivity index (χ0) is 25.7. The van der Waals surface area contributed by atoms with E-state index in [0.717, 1.165) is 32.5 Å². The number of rotatable bonds is 9. The number of aryl methyl sites for hydroxylation is 2. The van der Waals surface area contributed by atoms with Gasteiger partial charge in [-0.1, -0.05) is 30.3 Å². The van der Waals surface area contributed by atoms with Gasteiger partial charge in [-0.2, -0.15) is 4.31 Å². The first-order valence-electron chi connectivity index (χ1n) is 12.6. The number of carbonyl (C=O) groups is 1. The maximum atomic E-state index is 13.5. The monoisotopic (exact) mass is 515 g/mol. The highest BCUT2D eigenvalue weighted by molar-refractivity contribution is 7.89. The molecule has 0 bridgehead atoms. The van der Waals surface area contributed by atoms with Gasteiger partial charge < -0.3 is 14.4 Å². The van der Waals surface area contributed by atoms with Crippen molar-refractivity contribution >= 4 is 15.9 Å². The third-order valence-electron chi connectivity index (χ3n) is 7.07. The van der Waals surface area contributed by atoms with Crippen molar-refractivity contribution in [2.24, 2.45) is 0 Å². The summed E-state index contributed by atoms with van der Waals surface area (Å²) in [6.07, 6.45) is 1.50. The first-order chi connectivity index (χ1) is 17.3. The van der Waals surface area contributed by atoms with Crippen molar-refractivity contribution in [2.45, 2.75) is 44.2 Å². The lowest BCUT2D eigenvalue weighted by molar-refractivity contribution is -0.138. The number of amides is 1. The highest BCUT2D eigenvalue weighted by Crippen LogP contribution is 2.32. The molecular weight excluding hydrogens is 478 g/mol. The van der Waals surface area contributed by atoms with Gasteiger partial charge in [-0.3, -0.25) is 9.69 Å². The predicted molar refractivity (Wildman–Crippen MR) is 138 cm³/mol. The lowest BCUT2D eigenvalue weighted by Gasteiger charge is -2.34. The maximum Gasteiger partial charge on any atom is 0.248 e. The molecule has 2 aromatic rings. The quantitative estimate of drug-likeness (QED) is 0.511. The lowest BCUT2D eigenvalue weighted by Crippen LogP contribution is -2.49. The maximum absolute atomic E-state index is 13.5. The summed E-state index contributed by atoms with van der Waals surface area (Å²) in [4.78, 5) is 17.3. The van der Waals surface area contributed by atoms with Crippen molar-refractivity contribution in [1.82, 2.24) is 14.1 Å². The van der Waals surface area contributed by atoms with Crippen molar-refractivity contribution < 1.29 is 22.7 Å². The Morgan fingerprint density at radius 2 is 1.67 bits per heavy atom. The van der Waals surface area contributed by atoms with Crippen LogP contribution in [0.3, 0.4) is 0 Å². The van der Waals surface area contributed by atoms with E-state index in [9.17, 15) is 13.2 Å². The Balaban J connectivity index is 1.28. The first-order valence-corrected chi connectivity index (χ1v) is 14.0. The first kappa shape index (κ1) is 26.6. The third-order valence-corrected chi connectivity index (χ3v) is 9.33. The normalized spacial score (nSPS) is 19.5. The van der Waals surface area contributed by atoms with Crippen LogP contribution in [0.5, 0.6) is 5.75 Å². The van der Waals surface area contributed by atoms with Crippen LogP contribution in [0.4, 0.5) is 0 Å². The van der Waals surface area contributed by atoms with Crippen LogP contribution >= 0.6 is 0 Å². The molecule has 2 aliphatic heterocycles. The molecule has 4 rings (SSSR count). The van der Waals surface area contributed by atoms with Gasteiger partial charge in [0, 0.05) is 45.3 Å². The molecule has 0 saturated carbocycles. The molecule has 0 aliphatic carbocycles. The summed E-state index contributed by atoms with van der Waals surface area (Å²) in [6.45, 7) is 8.13. The number of carbonyl (C=O) groups excluding carboxylic acids is 1. The van der Waals surface area contributed by atoms with Gasteiger partial charge in [0.1, 0.15) is 12.4 Å². The van der Waals surface area contributed by atoms with Crippen LogP contribution in [0, 0.1) is 13.8 Å². The fraction of sp³-hybridized carbons (Fsp3) is 0.519. The Morgan fingerprint density at radius 1 is 1.00 bits per heavy atom. The number of benzene rings is 2. The standard InChI is InChI=1S/C27H37N3O5S/c1-21-16-25(34-3)17-22(2)27(21)36(32,33)30-11-7-10-24(30)19-35-20-26(31)29-14-12-28(13-15-29)18-23-8-5-4-6-9-23/h4-6,8-9,16-17,24H,7,10-15,18-20H2,1-3H3. The third kappa shape index (κ3) is 6.08. The molecule has 196 valence electrons. The molecule has 0 N–H and O–H groups in total. The number of methoxy groups -OCH3 is 1. The van der Waals surface area contributed by atoms with Gasteiger partial charge in [0.25, 0.3) is 0 Å². The van der Waals surface area contributed by atoms with Gasteiger partial charge in [0.15, 0.2) is 0 Å². The van der Waals surface area contributed by atoms with E-state index in [1.54, 1.807) is 37.4 Å². The van der Waals surface area contributed by atoms with Crippen molar-refractivity contribution in [3.63, 3.8) is 0 Å². The summed E-state index contributed by atoms with van der Waals surface area (Å²) in [5.74, 6) is 0.605. The van der Waals surface area contributed by atoms with Crippen LogP contribution in [0.15, 0.2) is 47.4 Å². The summed E-state index contributed by atoms with van der Waals surface area (Å²) < 4.78 is 39.7. The molecule has 0 spiro atoms. The molecular formula is C27H37N3O5S. The van der Waals surface area contributed by atoms with E-state index in [2.05, 4.69) is 17.0 Å². The fourth-order valence-electron chi connectivity index (χ4n) is 5.22. The average Bonchev–Trinajstić information content (AvgIpc) is 3.34. The molecule has 36 heavy (non-hydrogen) atoms. The summed E-state index contributed by atoms with van der Waals surface area (Å²) in [5, 5.41) is 0. The van der Waals surface area contributed by atoms with Crippen LogP contribution in [0.1, 0.15) is 29.5 Å². The molecule has 2 aromatic carbocycles. The zero-order valence-electron chi connectivity index (χ0n) is 21.5. The molecule has 8 nitrogen and oxygen atoms in total. The molecule has 2 aliphatic rings. The molecule has 1 unspecified atom stereocenters. The van der Waals surface area contributed by atoms with Crippen molar-refractivity contribution in [1.29, 1.82) is 0 Å². The minimum atomic E-state index is -3.68. The van der Waals surface area contributed by atoms with Gasteiger partial charge in [0.05, 0.1) is 18.6 Å². The lowest BCUT2D eigenvalue weighted by atomic mass is 10.1. The summed E-state index contributed by atoms with van der Waals surface area (Å²) in [6, 6.07) is 13.6. The number of piperazine rings is 1. The minimum absolute atomic E-state index is 0.0241. The van der Waals surface area contributed by atoms with Gasteiger partial charge in [-0.15, -0.1) is 0 Å². The van der Waals surface area contributed by atoms with E-state index in [1.165, 1.54) is 5.56 Å². The molecule has 1 amide bonds. The van der Waals surface area contributed by atoms with Crippen molar-refractivity contribution in [2.75, 3.05) is 53.0 Å². The van der Waals surface area contributed by atoms with Gasteiger partial charge in [0.2, 0.25) is 15.9 Å². The van der Waals surface area contributed by atoms with E-state index >= 15 is 0 Å². The molecule has 0 radical (unpaired) electrons. The Kier molecular flexibility index (Phi) is 8.66. The zero-order valence-corrected chi connectivity index (χ0v) is 22.3. The van der Waals surface area contributed by atoms with E-state index in [1.807, 2.05) is 23.1 Å². The van der Waals surface area contributed by atoms with E-state index in [4.69, 9.17) is 9.47 Å². The van der Waals surface area contributed by atoms with Gasteiger partial charge in [-0.25, -0.2) is 8.42 Å². The van der Waals surface area contributed by atoms with E-state index in [0.29, 0.717) is 41.4 Å². The minimum Gasteiger partial charge on any atom is -0.497 e. The highest BCUT2D eigenvalue weighted by Gasteiger charge is 2.37. The topological polar surface area (TPSA) is 79.4 Å². The summed E-state index contributed by atoms with van der Waals surface area (Å²) in [7, 11) is -2.11. The van der Waals surface area contributed by atoms with Crippen LogP contribution in [-0.2, 0) is 26.1 Å². The summed E-state index contributed by atoms with van der Waals surface area (Å²) in [5.41, 5.74) is 2.61. The molecule has 2 heterocycles. The Morgan fingerprint density at radius 3 is 2.31 bits per heavy atom. The number of ether oxygens (including phenoxy) is 2. The van der Waals surface area contributed by atoms with E-state index < -0.39 is 10.0 Å². The van der Waals surface area contributed by atoms with Crippen LogP contribution in [0.2, 0.25) is 0 Å². The second-order valence-corrected chi connectivity index (χ2v) is 11.5. The number of sulfonamides is 1. The van der Waals surface area contributed by atoms with Crippen molar-refractivity contribution in [3.05, 3.63) is 59.2 Å². The number of hydrogen-bond acceptors (Lipinski definition) is 6. The van der Waals surface area contributed by atoms with Crippen LogP contribution in [-0.4, -0.2) is 87.5 Å². The van der Waals surface area contributed by atoms with E-state index in [-0.39, 0.29) is 25.2 Å². The number of nitrogens with zero attached hydrogens (tertiary/aromatic N) is 3. The summed E-state index contributed by atoms with van der Waals surface area (Å²) >= 11 is 0. The Hall–Kier alpha value is -2.46. The molecule has 0 aromatic heterocycles. The Labute approximate surface area is 214 Å². The van der Waals surface area contributed by atoms with Crippen LogP contribution < -0.4 is 4.74 Å². The number of hydrogen-bond donors (Lipinski definition) is 0. The molecule has 2 saturated heterocycles. The second-order valence-electron chi connectivity index (χ2n) is 9.66.